The lowest BCUT2D eigenvalue weighted by molar-refractivity contribution is -0.167. The van der Waals surface area contributed by atoms with Crippen LogP contribution in [-0.4, -0.2) is 45.5 Å². The molecule has 26 heavy (non-hydrogen) atoms. The van der Waals surface area contributed by atoms with Crippen LogP contribution in [0.4, 0.5) is 18.9 Å². The van der Waals surface area contributed by atoms with Crippen molar-refractivity contribution in [3.63, 3.8) is 0 Å². The van der Waals surface area contributed by atoms with Gasteiger partial charge in [0.2, 0.25) is 5.91 Å². The van der Waals surface area contributed by atoms with Crippen molar-refractivity contribution in [1.82, 2.24) is 14.5 Å². The number of rotatable bonds is 5. The van der Waals surface area contributed by atoms with Crippen LogP contribution in [0, 0.1) is 5.92 Å². The number of carbonyl (C=O) groups excluding carboxylic acids is 2. The number of alkyl halides is 3. The highest BCUT2D eigenvalue weighted by Gasteiger charge is 2.38. The van der Waals surface area contributed by atoms with E-state index in [2.05, 4.69) is 4.98 Å². The van der Waals surface area contributed by atoms with Crippen LogP contribution < -0.4 is 5.32 Å². The van der Waals surface area contributed by atoms with Crippen LogP contribution in [0.15, 0.2) is 43.0 Å². The molecule has 0 bridgehead atoms. The largest absolute Gasteiger partial charge is 0.471 e. The van der Waals surface area contributed by atoms with Crippen molar-refractivity contribution in [2.75, 3.05) is 18.4 Å². The van der Waals surface area contributed by atoms with Crippen LogP contribution in [0.2, 0.25) is 0 Å². The number of nitrogens with one attached hydrogen (secondary N) is 1. The molecule has 3 rings (SSSR count). The van der Waals surface area contributed by atoms with Gasteiger partial charge in [-0.05, 0) is 17.7 Å². The van der Waals surface area contributed by atoms with Gasteiger partial charge in [-0.15, -0.1) is 0 Å². The maximum Gasteiger partial charge on any atom is 0.471 e. The van der Waals surface area contributed by atoms with E-state index in [4.69, 9.17) is 0 Å². The second-order valence-electron chi connectivity index (χ2n) is 6.25. The Morgan fingerprint density at radius 1 is 1.19 bits per heavy atom. The summed E-state index contributed by atoms with van der Waals surface area (Å²) in [4.78, 5) is 28.8. The molecule has 0 atom stereocenters. The van der Waals surface area contributed by atoms with Crippen molar-refractivity contribution >= 4 is 17.5 Å². The Bertz CT molecular complexity index is 766. The number of carbonyl (C=O) groups is 2. The van der Waals surface area contributed by atoms with E-state index >= 15 is 0 Å². The van der Waals surface area contributed by atoms with E-state index < -0.39 is 12.1 Å². The molecule has 1 N–H and O–H groups in total. The van der Waals surface area contributed by atoms with Gasteiger partial charge < -0.3 is 14.8 Å². The molecule has 0 unspecified atom stereocenters. The maximum atomic E-state index is 12.2. The Kier molecular flexibility index (Phi) is 4.97. The minimum absolute atomic E-state index is 0.0287. The fourth-order valence-electron chi connectivity index (χ4n) is 2.78. The van der Waals surface area contributed by atoms with Gasteiger partial charge in [0.1, 0.15) is 0 Å². The van der Waals surface area contributed by atoms with Crippen molar-refractivity contribution in [1.29, 1.82) is 0 Å². The van der Waals surface area contributed by atoms with E-state index in [-0.39, 0.29) is 18.0 Å². The van der Waals surface area contributed by atoms with Crippen LogP contribution in [0.5, 0.6) is 0 Å². The van der Waals surface area contributed by atoms with Crippen molar-refractivity contribution in [2.24, 2.45) is 5.92 Å². The van der Waals surface area contributed by atoms with Gasteiger partial charge >= 0.3 is 12.1 Å². The molecule has 1 saturated heterocycles. The number of hydrogen-bond acceptors (Lipinski definition) is 3. The molecule has 2 amide bonds. The minimum Gasteiger partial charge on any atom is -0.342 e. The highest BCUT2D eigenvalue weighted by Crippen LogP contribution is 2.21. The zero-order valence-electron chi connectivity index (χ0n) is 13.7. The van der Waals surface area contributed by atoms with Gasteiger partial charge in [-0.3, -0.25) is 9.59 Å². The fourth-order valence-corrected chi connectivity index (χ4v) is 2.78. The van der Waals surface area contributed by atoms with Crippen molar-refractivity contribution in [3.05, 3.63) is 48.5 Å². The number of likely N-dealkylation sites (tertiary alicyclic amines) is 1. The van der Waals surface area contributed by atoms with E-state index in [1.165, 1.54) is 24.3 Å². The summed E-state index contributed by atoms with van der Waals surface area (Å²) in [5, 5.41) is 1.77. The molecule has 0 radical (unpaired) electrons. The Morgan fingerprint density at radius 2 is 1.88 bits per heavy atom. The first-order valence-corrected chi connectivity index (χ1v) is 8.02. The van der Waals surface area contributed by atoms with Crippen molar-refractivity contribution in [3.8, 4) is 0 Å². The predicted octanol–water partition coefficient (Wildman–Crippen LogP) is 2.08. The molecular formula is C17H17F3N4O2. The molecule has 9 heteroatoms. The Morgan fingerprint density at radius 3 is 2.46 bits per heavy atom. The maximum absolute atomic E-state index is 12.2. The summed E-state index contributed by atoms with van der Waals surface area (Å²) >= 11 is 0. The third kappa shape index (κ3) is 4.41. The summed E-state index contributed by atoms with van der Waals surface area (Å²) in [5.74, 6) is -1.65. The van der Waals surface area contributed by atoms with Gasteiger partial charge in [-0.1, -0.05) is 12.1 Å². The van der Waals surface area contributed by atoms with Crippen LogP contribution in [0.1, 0.15) is 5.56 Å². The number of aromatic nitrogens is 2. The third-order valence-corrected chi connectivity index (χ3v) is 4.16. The van der Waals surface area contributed by atoms with E-state index in [1.807, 2.05) is 10.8 Å². The summed E-state index contributed by atoms with van der Waals surface area (Å²) < 4.78 is 38.6. The molecule has 0 aliphatic carbocycles. The minimum atomic E-state index is -4.93. The molecule has 2 heterocycles. The Labute approximate surface area is 147 Å². The quantitative estimate of drug-likeness (QED) is 0.881. The summed E-state index contributed by atoms with van der Waals surface area (Å²) in [6.45, 7) is 2.17. The van der Waals surface area contributed by atoms with Crippen LogP contribution in [-0.2, 0) is 22.6 Å². The fraction of sp³-hybridized carbons (Fsp3) is 0.353. The van der Waals surface area contributed by atoms with E-state index in [9.17, 15) is 22.8 Å². The smallest absolute Gasteiger partial charge is 0.342 e. The lowest BCUT2D eigenvalue weighted by Crippen LogP contribution is -2.51. The number of imidazole rings is 1. The molecule has 1 aromatic heterocycles. The van der Waals surface area contributed by atoms with Crippen LogP contribution in [0.25, 0.3) is 0 Å². The average Bonchev–Trinajstić information content (AvgIpc) is 3.04. The van der Waals surface area contributed by atoms with Gasteiger partial charge in [0.15, 0.2) is 0 Å². The Balaban J connectivity index is 1.46. The summed E-state index contributed by atoms with van der Waals surface area (Å²) in [7, 11) is 0. The third-order valence-electron chi connectivity index (χ3n) is 4.16. The number of amides is 2. The highest BCUT2D eigenvalue weighted by molar-refractivity contribution is 5.94. The molecule has 2 aromatic rings. The highest BCUT2D eigenvalue weighted by atomic mass is 19.4. The van der Waals surface area contributed by atoms with E-state index in [0.717, 1.165) is 6.54 Å². The van der Waals surface area contributed by atoms with E-state index in [1.54, 1.807) is 22.7 Å². The molecule has 1 fully saturated rings. The number of halogens is 3. The summed E-state index contributed by atoms with van der Waals surface area (Å²) in [6.07, 6.45) is 0.570. The normalized spacial score (nSPS) is 14.8. The number of benzene rings is 1. The second-order valence-corrected chi connectivity index (χ2v) is 6.25. The average molecular weight is 366 g/mol. The Hall–Kier alpha value is -2.84. The number of nitrogens with zero attached hydrogens (tertiary/aromatic N) is 3. The molecule has 1 aromatic carbocycles. The molecular weight excluding hydrogens is 349 g/mol. The molecule has 0 spiro atoms. The van der Waals surface area contributed by atoms with Crippen LogP contribution in [0.3, 0.4) is 0 Å². The molecule has 138 valence electrons. The molecule has 1 aliphatic rings. The SMILES string of the molecule is O=C(Cc1ccc(NC(=O)C(F)(F)F)cc1)N1CC(Cn2ccnc2)C1. The number of anilines is 1. The van der Waals surface area contributed by atoms with E-state index in [0.29, 0.717) is 24.6 Å². The first-order chi connectivity index (χ1) is 12.3. The predicted molar refractivity (Wildman–Crippen MR) is 87.1 cm³/mol. The number of hydrogen-bond donors (Lipinski definition) is 1. The van der Waals surface area contributed by atoms with Gasteiger partial charge in [0, 0.05) is 43.6 Å². The van der Waals surface area contributed by atoms with Gasteiger partial charge in [-0.2, -0.15) is 13.2 Å². The zero-order valence-corrected chi connectivity index (χ0v) is 13.7. The van der Waals surface area contributed by atoms with Gasteiger partial charge in [0.05, 0.1) is 12.7 Å². The first-order valence-electron chi connectivity index (χ1n) is 8.02. The van der Waals surface area contributed by atoms with Crippen molar-refractivity contribution < 1.29 is 22.8 Å². The lowest BCUT2D eigenvalue weighted by atomic mass is 9.98. The van der Waals surface area contributed by atoms with Gasteiger partial charge in [-0.25, -0.2) is 4.98 Å². The second kappa shape index (κ2) is 7.19. The van der Waals surface area contributed by atoms with Crippen molar-refractivity contribution in [2.45, 2.75) is 19.1 Å². The first kappa shape index (κ1) is 18.0. The van der Waals surface area contributed by atoms with Crippen LogP contribution >= 0.6 is 0 Å². The lowest BCUT2D eigenvalue weighted by Gasteiger charge is -2.39. The summed E-state index contributed by atoms with van der Waals surface area (Å²) in [6, 6.07) is 5.77. The van der Waals surface area contributed by atoms with Gasteiger partial charge in [0.25, 0.3) is 0 Å². The zero-order chi connectivity index (χ0) is 18.7. The standard InChI is InChI=1S/C17H17F3N4O2/c18-17(19,20)16(26)22-14-3-1-12(2-4-14)7-15(25)24-9-13(10-24)8-23-6-5-21-11-23/h1-6,11,13H,7-10H2,(H,22,26). The topological polar surface area (TPSA) is 67.2 Å². The molecule has 6 nitrogen and oxygen atoms in total. The summed E-state index contributed by atoms with van der Waals surface area (Å²) in [5.41, 5.74) is 0.714. The monoisotopic (exact) mass is 366 g/mol. The molecule has 0 saturated carbocycles. The molecule has 1 aliphatic heterocycles.